The summed E-state index contributed by atoms with van der Waals surface area (Å²) in [6, 6.07) is 6.89. The van der Waals surface area contributed by atoms with Crippen LogP contribution in [0.3, 0.4) is 0 Å². The van der Waals surface area contributed by atoms with Gasteiger partial charge in [0.1, 0.15) is 0 Å². The summed E-state index contributed by atoms with van der Waals surface area (Å²) in [6.07, 6.45) is 0. The number of para-hydroxylation sites is 1. The summed E-state index contributed by atoms with van der Waals surface area (Å²) >= 11 is 0. The van der Waals surface area contributed by atoms with Gasteiger partial charge < -0.3 is 4.84 Å². The smallest absolute Gasteiger partial charge is 0.318 e. The lowest BCUT2D eigenvalue weighted by Crippen LogP contribution is -2.57. The molecule has 2 amide bonds. The number of hydrogen-bond donors (Lipinski definition) is 0. The van der Waals surface area contributed by atoms with E-state index in [1.165, 1.54) is 11.8 Å². The second-order valence-corrected chi connectivity index (χ2v) is 9.11. The maximum absolute atomic E-state index is 13.8. The van der Waals surface area contributed by atoms with Crippen LogP contribution in [0.1, 0.15) is 61.0 Å². The molecule has 0 spiro atoms. The predicted octanol–water partition coefficient (Wildman–Crippen LogP) is 3.93. The molecule has 0 unspecified atom stereocenters. The zero-order valence-corrected chi connectivity index (χ0v) is 17.3. The molecule has 2 rings (SSSR count). The minimum atomic E-state index is -0.848. The number of oxime groups is 1. The molecule has 0 bridgehead atoms. The van der Waals surface area contributed by atoms with Gasteiger partial charge in [0.15, 0.2) is 5.71 Å². The molecule has 0 N–H and O–H groups in total. The van der Waals surface area contributed by atoms with E-state index in [4.69, 9.17) is 4.84 Å². The largest absolute Gasteiger partial charge is 0.332 e. The van der Waals surface area contributed by atoms with Crippen LogP contribution in [0.2, 0.25) is 0 Å². The fourth-order valence-corrected chi connectivity index (χ4v) is 3.59. The Morgan fingerprint density at radius 2 is 1.48 bits per heavy atom. The van der Waals surface area contributed by atoms with Gasteiger partial charge >= 0.3 is 5.97 Å². The van der Waals surface area contributed by atoms with Crippen molar-refractivity contribution in [3.05, 3.63) is 29.8 Å². The minimum Gasteiger partial charge on any atom is -0.318 e. The van der Waals surface area contributed by atoms with Crippen molar-refractivity contribution in [2.75, 3.05) is 4.90 Å². The van der Waals surface area contributed by atoms with Crippen LogP contribution in [0.4, 0.5) is 5.69 Å². The van der Waals surface area contributed by atoms with E-state index in [1.54, 1.807) is 24.3 Å². The van der Waals surface area contributed by atoms with Gasteiger partial charge in [-0.25, -0.2) is 9.69 Å². The van der Waals surface area contributed by atoms with E-state index in [9.17, 15) is 14.4 Å². The highest BCUT2D eigenvalue weighted by molar-refractivity contribution is 6.58. The van der Waals surface area contributed by atoms with E-state index >= 15 is 0 Å². The number of nitrogens with zero attached hydrogens (tertiary/aromatic N) is 2. The van der Waals surface area contributed by atoms with Crippen molar-refractivity contribution in [3.63, 3.8) is 0 Å². The van der Waals surface area contributed by atoms with Gasteiger partial charge in [-0.2, -0.15) is 0 Å². The van der Waals surface area contributed by atoms with Crippen molar-refractivity contribution in [2.45, 2.75) is 55.4 Å². The molecular weight excluding hydrogens is 344 g/mol. The third-order valence-electron chi connectivity index (χ3n) is 5.70. The zero-order valence-electron chi connectivity index (χ0n) is 17.3. The standard InChI is InChI=1S/C21H28N2O4/c1-13(24)27-22-16-14-11-9-10-12-15(14)23(17(16)25)18(26)21(8,19(2,3)4)20(5,6)7/h9-12H,1-8H3/b22-16+. The van der Waals surface area contributed by atoms with Crippen molar-refractivity contribution < 1.29 is 19.2 Å². The van der Waals surface area contributed by atoms with E-state index in [2.05, 4.69) is 5.16 Å². The lowest BCUT2D eigenvalue weighted by atomic mass is 9.54. The number of amides is 2. The van der Waals surface area contributed by atoms with Gasteiger partial charge in [-0.1, -0.05) is 64.9 Å². The van der Waals surface area contributed by atoms with Crippen LogP contribution in [0.5, 0.6) is 0 Å². The average molecular weight is 372 g/mol. The second kappa shape index (κ2) is 6.59. The Morgan fingerprint density at radius 1 is 0.963 bits per heavy atom. The summed E-state index contributed by atoms with van der Waals surface area (Å²) in [5, 5.41) is 3.71. The van der Waals surface area contributed by atoms with E-state index in [0.29, 0.717) is 11.3 Å². The predicted molar refractivity (Wildman–Crippen MR) is 104 cm³/mol. The van der Waals surface area contributed by atoms with Crippen molar-refractivity contribution in [3.8, 4) is 0 Å². The number of anilines is 1. The highest BCUT2D eigenvalue weighted by Crippen LogP contribution is 2.53. The van der Waals surface area contributed by atoms with Crippen LogP contribution in [0.15, 0.2) is 29.4 Å². The lowest BCUT2D eigenvalue weighted by Gasteiger charge is -2.50. The summed E-state index contributed by atoms with van der Waals surface area (Å²) in [4.78, 5) is 43.9. The maximum Gasteiger partial charge on any atom is 0.332 e. The van der Waals surface area contributed by atoms with Gasteiger partial charge in [-0.3, -0.25) is 9.59 Å². The molecule has 1 aliphatic heterocycles. The molecule has 1 aromatic rings. The van der Waals surface area contributed by atoms with Gasteiger partial charge in [0, 0.05) is 12.5 Å². The quantitative estimate of drug-likeness (QED) is 0.582. The third kappa shape index (κ3) is 3.29. The van der Waals surface area contributed by atoms with Crippen LogP contribution in [-0.4, -0.2) is 23.5 Å². The topological polar surface area (TPSA) is 76.0 Å². The Kier molecular flexibility index (Phi) is 5.08. The van der Waals surface area contributed by atoms with Gasteiger partial charge in [-0.05, 0) is 23.8 Å². The molecule has 1 aromatic carbocycles. The molecule has 0 saturated heterocycles. The molecular formula is C21H28N2O4. The number of rotatable bonds is 2. The Balaban J connectivity index is 2.65. The molecule has 0 aromatic heterocycles. The van der Waals surface area contributed by atoms with Crippen LogP contribution >= 0.6 is 0 Å². The first-order valence-corrected chi connectivity index (χ1v) is 8.97. The Morgan fingerprint density at radius 3 is 1.96 bits per heavy atom. The average Bonchev–Trinajstić information content (AvgIpc) is 2.80. The van der Waals surface area contributed by atoms with E-state index < -0.39 is 28.1 Å². The van der Waals surface area contributed by atoms with E-state index in [1.807, 2.05) is 48.5 Å². The number of imide groups is 1. The Labute approximate surface area is 160 Å². The zero-order chi connectivity index (χ0) is 20.8. The van der Waals surface area contributed by atoms with Gasteiger partial charge in [0.2, 0.25) is 5.91 Å². The van der Waals surface area contributed by atoms with Gasteiger partial charge in [0.25, 0.3) is 5.91 Å². The van der Waals surface area contributed by atoms with Crippen LogP contribution in [-0.2, 0) is 19.2 Å². The van der Waals surface area contributed by atoms with Crippen LogP contribution < -0.4 is 4.90 Å². The molecule has 0 atom stereocenters. The Hall–Kier alpha value is -2.50. The highest BCUT2D eigenvalue weighted by Gasteiger charge is 2.56. The summed E-state index contributed by atoms with van der Waals surface area (Å²) in [6.45, 7) is 15.1. The first-order chi connectivity index (χ1) is 12.2. The summed E-state index contributed by atoms with van der Waals surface area (Å²) in [7, 11) is 0. The highest BCUT2D eigenvalue weighted by atomic mass is 16.7. The number of hydrogen-bond acceptors (Lipinski definition) is 5. The van der Waals surface area contributed by atoms with Crippen molar-refractivity contribution >= 4 is 29.2 Å². The molecule has 1 aliphatic rings. The van der Waals surface area contributed by atoms with E-state index in [0.717, 1.165) is 0 Å². The second-order valence-electron chi connectivity index (χ2n) is 9.11. The molecule has 146 valence electrons. The molecule has 6 nitrogen and oxygen atoms in total. The van der Waals surface area contributed by atoms with Crippen molar-refractivity contribution in [1.82, 2.24) is 0 Å². The normalized spacial score (nSPS) is 16.5. The first-order valence-electron chi connectivity index (χ1n) is 8.97. The Bertz CT molecular complexity index is 811. The first kappa shape index (κ1) is 20.8. The van der Waals surface area contributed by atoms with Crippen LogP contribution in [0, 0.1) is 16.2 Å². The number of fused-ring (bicyclic) bond motifs is 1. The fraction of sp³-hybridized carbons (Fsp3) is 0.524. The summed E-state index contributed by atoms with van der Waals surface area (Å²) < 4.78 is 0. The molecule has 1 heterocycles. The number of carbonyl (C=O) groups is 3. The molecule has 0 saturated carbocycles. The van der Waals surface area contributed by atoms with Gasteiger partial charge in [-0.15, -0.1) is 0 Å². The monoisotopic (exact) mass is 372 g/mol. The van der Waals surface area contributed by atoms with E-state index in [-0.39, 0.29) is 11.6 Å². The molecule has 6 heteroatoms. The maximum atomic E-state index is 13.8. The SMILES string of the molecule is CC(=O)O/N=C1/C(=O)N(C(=O)C(C)(C(C)(C)C)C(C)(C)C)c2ccccc21. The summed E-state index contributed by atoms with van der Waals surface area (Å²) in [5.41, 5.74) is -0.778. The lowest BCUT2D eigenvalue weighted by molar-refractivity contribution is -0.144. The summed E-state index contributed by atoms with van der Waals surface area (Å²) in [5.74, 6) is -1.51. The van der Waals surface area contributed by atoms with Crippen LogP contribution in [0.25, 0.3) is 0 Å². The van der Waals surface area contributed by atoms with Crippen molar-refractivity contribution in [1.29, 1.82) is 0 Å². The molecule has 0 fully saturated rings. The molecule has 0 aliphatic carbocycles. The third-order valence-corrected chi connectivity index (χ3v) is 5.70. The van der Waals surface area contributed by atoms with Crippen molar-refractivity contribution in [2.24, 2.45) is 21.4 Å². The number of carbonyl (C=O) groups excluding carboxylic acids is 3. The molecule has 27 heavy (non-hydrogen) atoms. The molecule has 0 radical (unpaired) electrons. The minimum absolute atomic E-state index is 0.0423. The fourth-order valence-electron chi connectivity index (χ4n) is 3.59. The number of benzene rings is 1. The van der Waals surface area contributed by atoms with Gasteiger partial charge in [0.05, 0.1) is 11.1 Å².